The van der Waals surface area contributed by atoms with Crippen LogP contribution >= 0.6 is 0 Å². The molecule has 0 amide bonds. The number of ether oxygens (including phenoxy) is 1. The Hall–Kier alpha value is -0.120. The number of likely N-dealkylation sites (N-methyl/N-ethyl adjacent to an activating group) is 1. The zero-order chi connectivity index (χ0) is 13.6. The highest BCUT2D eigenvalue weighted by Crippen LogP contribution is 2.41. The van der Waals surface area contributed by atoms with Crippen LogP contribution in [0.2, 0.25) is 0 Å². The van der Waals surface area contributed by atoms with E-state index < -0.39 is 0 Å². The van der Waals surface area contributed by atoms with E-state index >= 15 is 0 Å². The normalized spacial score (nSPS) is 26.4. The van der Waals surface area contributed by atoms with E-state index in [1.807, 2.05) is 0 Å². The average Bonchev–Trinajstić information content (AvgIpc) is 2.83. The van der Waals surface area contributed by atoms with Gasteiger partial charge in [-0.2, -0.15) is 0 Å². The first-order chi connectivity index (χ1) is 9.28. The van der Waals surface area contributed by atoms with Crippen molar-refractivity contribution in [2.45, 2.75) is 70.5 Å². The van der Waals surface area contributed by atoms with Gasteiger partial charge in [-0.1, -0.05) is 33.1 Å². The molecule has 1 aliphatic carbocycles. The van der Waals surface area contributed by atoms with Crippen molar-refractivity contribution in [1.29, 1.82) is 0 Å². The second-order valence-electron chi connectivity index (χ2n) is 6.25. The largest absolute Gasteiger partial charge is 0.370 e. The summed E-state index contributed by atoms with van der Waals surface area (Å²) < 4.78 is 6.37. The zero-order valence-corrected chi connectivity index (χ0v) is 12.9. The van der Waals surface area contributed by atoms with Crippen molar-refractivity contribution in [3.63, 3.8) is 0 Å². The third-order valence-electron chi connectivity index (χ3n) is 4.97. The summed E-state index contributed by atoms with van der Waals surface area (Å²) in [6.07, 6.45) is 9.82. The summed E-state index contributed by atoms with van der Waals surface area (Å²) in [4.78, 5) is 2.46. The lowest BCUT2D eigenvalue weighted by Crippen LogP contribution is -2.37. The van der Waals surface area contributed by atoms with Crippen LogP contribution in [0.3, 0.4) is 0 Å². The fraction of sp³-hybridized carbons (Fsp3) is 1.00. The minimum atomic E-state index is 0.281. The van der Waals surface area contributed by atoms with E-state index in [1.165, 1.54) is 44.9 Å². The molecule has 3 heteroatoms. The highest BCUT2D eigenvalue weighted by atomic mass is 16.5. The van der Waals surface area contributed by atoms with Gasteiger partial charge in [-0.15, -0.1) is 0 Å². The van der Waals surface area contributed by atoms with Gasteiger partial charge in [0.05, 0.1) is 11.7 Å². The van der Waals surface area contributed by atoms with Gasteiger partial charge < -0.3 is 15.0 Å². The van der Waals surface area contributed by atoms with Gasteiger partial charge in [-0.25, -0.2) is 0 Å². The monoisotopic (exact) mass is 268 g/mol. The van der Waals surface area contributed by atoms with Crippen LogP contribution in [-0.2, 0) is 4.74 Å². The molecule has 1 aliphatic heterocycles. The molecule has 1 unspecified atom stereocenters. The first kappa shape index (κ1) is 15.3. The summed E-state index contributed by atoms with van der Waals surface area (Å²) in [5.74, 6) is 0. The summed E-state index contributed by atoms with van der Waals surface area (Å²) >= 11 is 0. The Bertz CT molecular complexity index is 247. The van der Waals surface area contributed by atoms with Crippen molar-refractivity contribution < 1.29 is 4.74 Å². The second-order valence-corrected chi connectivity index (χ2v) is 6.25. The first-order valence-electron chi connectivity index (χ1n) is 8.39. The summed E-state index contributed by atoms with van der Waals surface area (Å²) in [7, 11) is 0. The Morgan fingerprint density at radius 3 is 2.53 bits per heavy atom. The Labute approximate surface area is 119 Å². The molecule has 0 aromatic carbocycles. The molecule has 0 bridgehead atoms. The van der Waals surface area contributed by atoms with Crippen molar-refractivity contribution in [2.24, 2.45) is 0 Å². The van der Waals surface area contributed by atoms with Gasteiger partial charge in [0.1, 0.15) is 0 Å². The first-order valence-corrected chi connectivity index (χ1v) is 8.39. The van der Waals surface area contributed by atoms with Crippen molar-refractivity contribution >= 4 is 0 Å². The fourth-order valence-electron chi connectivity index (χ4n) is 3.64. The Morgan fingerprint density at radius 1 is 1.11 bits per heavy atom. The van der Waals surface area contributed by atoms with E-state index in [9.17, 15) is 0 Å². The number of hydrogen-bond acceptors (Lipinski definition) is 3. The van der Waals surface area contributed by atoms with Gasteiger partial charge >= 0.3 is 0 Å². The SMILES string of the molecule is CCN(CC)CCNCC1CCC2(CCCCC2)O1. The smallest absolute Gasteiger partial charge is 0.0708 e. The van der Waals surface area contributed by atoms with E-state index in [-0.39, 0.29) is 5.60 Å². The van der Waals surface area contributed by atoms with Crippen LogP contribution in [0.4, 0.5) is 0 Å². The summed E-state index contributed by atoms with van der Waals surface area (Å²) in [5, 5.41) is 3.58. The molecule has 0 radical (unpaired) electrons. The van der Waals surface area contributed by atoms with Crippen LogP contribution in [-0.4, -0.2) is 49.3 Å². The zero-order valence-electron chi connectivity index (χ0n) is 12.9. The molecule has 0 aromatic rings. The fourth-order valence-corrected chi connectivity index (χ4v) is 3.64. The number of rotatable bonds is 7. The molecule has 2 fully saturated rings. The van der Waals surface area contributed by atoms with Crippen molar-refractivity contribution in [3.8, 4) is 0 Å². The van der Waals surface area contributed by atoms with E-state index in [4.69, 9.17) is 4.74 Å². The number of hydrogen-bond donors (Lipinski definition) is 1. The molecule has 1 spiro atoms. The molecule has 3 nitrogen and oxygen atoms in total. The average molecular weight is 268 g/mol. The Kier molecular flexibility index (Phi) is 6.11. The molecule has 2 aliphatic rings. The highest BCUT2D eigenvalue weighted by molar-refractivity contribution is 4.91. The maximum atomic E-state index is 6.37. The van der Waals surface area contributed by atoms with Gasteiger partial charge in [0.15, 0.2) is 0 Å². The molecule has 1 saturated heterocycles. The lowest BCUT2D eigenvalue weighted by Gasteiger charge is -2.33. The quantitative estimate of drug-likeness (QED) is 0.719. The van der Waals surface area contributed by atoms with Crippen molar-refractivity contribution in [3.05, 3.63) is 0 Å². The van der Waals surface area contributed by atoms with Crippen LogP contribution in [0.5, 0.6) is 0 Å². The molecule has 1 saturated carbocycles. The predicted molar refractivity (Wildman–Crippen MR) is 80.6 cm³/mol. The predicted octanol–water partition coefficient (Wildman–Crippen LogP) is 2.80. The molecular weight excluding hydrogens is 236 g/mol. The molecule has 0 aromatic heterocycles. The van der Waals surface area contributed by atoms with E-state index in [1.54, 1.807) is 0 Å². The third kappa shape index (κ3) is 4.44. The molecule has 2 rings (SSSR count). The topological polar surface area (TPSA) is 24.5 Å². The van der Waals surface area contributed by atoms with Gasteiger partial charge in [-0.05, 0) is 38.8 Å². The maximum Gasteiger partial charge on any atom is 0.0708 e. The van der Waals surface area contributed by atoms with Crippen LogP contribution in [0, 0.1) is 0 Å². The lowest BCUT2D eigenvalue weighted by atomic mass is 9.83. The third-order valence-corrected chi connectivity index (χ3v) is 4.97. The van der Waals surface area contributed by atoms with Crippen LogP contribution in [0.1, 0.15) is 58.8 Å². The molecule has 19 heavy (non-hydrogen) atoms. The van der Waals surface area contributed by atoms with Gasteiger partial charge in [0.2, 0.25) is 0 Å². The summed E-state index contributed by atoms with van der Waals surface area (Å²) in [5.41, 5.74) is 0.281. The Morgan fingerprint density at radius 2 is 1.84 bits per heavy atom. The minimum Gasteiger partial charge on any atom is -0.370 e. The minimum absolute atomic E-state index is 0.281. The van der Waals surface area contributed by atoms with Gasteiger partial charge in [0.25, 0.3) is 0 Å². The molecule has 112 valence electrons. The number of nitrogens with zero attached hydrogens (tertiary/aromatic N) is 1. The van der Waals surface area contributed by atoms with Crippen LogP contribution in [0.15, 0.2) is 0 Å². The highest BCUT2D eigenvalue weighted by Gasteiger charge is 2.40. The van der Waals surface area contributed by atoms with Crippen molar-refractivity contribution in [2.75, 3.05) is 32.7 Å². The Balaban J connectivity index is 1.60. The molecule has 1 atom stereocenters. The second kappa shape index (κ2) is 7.61. The maximum absolute atomic E-state index is 6.37. The molecule has 1 N–H and O–H groups in total. The van der Waals surface area contributed by atoms with E-state index in [0.29, 0.717) is 6.10 Å². The standard InChI is InChI=1S/C16H32N2O/c1-3-18(4-2)13-12-17-14-15-8-11-16(19-15)9-6-5-7-10-16/h15,17H,3-14H2,1-2H3. The van der Waals surface area contributed by atoms with Crippen LogP contribution < -0.4 is 5.32 Å². The number of nitrogens with one attached hydrogen (secondary N) is 1. The van der Waals surface area contributed by atoms with E-state index in [0.717, 1.165) is 32.7 Å². The van der Waals surface area contributed by atoms with Gasteiger partial charge in [0, 0.05) is 19.6 Å². The van der Waals surface area contributed by atoms with Crippen LogP contribution in [0.25, 0.3) is 0 Å². The van der Waals surface area contributed by atoms with Crippen molar-refractivity contribution in [1.82, 2.24) is 10.2 Å². The summed E-state index contributed by atoms with van der Waals surface area (Å²) in [6.45, 7) is 10.1. The van der Waals surface area contributed by atoms with E-state index in [2.05, 4.69) is 24.1 Å². The summed E-state index contributed by atoms with van der Waals surface area (Å²) in [6, 6.07) is 0. The van der Waals surface area contributed by atoms with Gasteiger partial charge in [-0.3, -0.25) is 0 Å². The lowest BCUT2D eigenvalue weighted by molar-refractivity contribution is -0.0623. The molecular formula is C16H32N2O. The molecule has 1 heterocycles.